The largest absolute Gasteiger partial charge is 0.394 e. The molecule has 2 aliphatic rings. The van der Waals surface area contributed by atoms with Gasteiger partial charge in [-0.25, -0.2) is 10.4 Å². The van der Waals surface area contributed by atoms with Crippen LogP contribution in [0, 0.1) is 0 Å². The lowest BCUT2D eigenvalue weighted by atomic mass is 10.1. The molecular formula is C13H18N6O5. The van der Waals surface area contributed by atoms with E-state index in [1.807, 2.05) is 0 Å². The van der Waals surface area contributed by atoms with Crippen LogP contribution in [0.2, 0.25) is 0 Å². The Morgan fingerprint density at radius 2 is 2.17 bits per heavy atom. The fourth-order valence-corrected chi connectivity index (χ4v) is 2.68. The monoisotopic (exact) mass is 338 g/mol. The third-order valence-electron chi connectivity index (χ3n) is 4.20. The summed E-state index contributed by atoms with van der Waals surface area (Å²) < 4.78 is 6.83. The van der Waals surface area contributed by atoms with Crippen molar-refractivity contribution >= 4 is 17.1 Å². The Balaban J connectivity index is 1.69. The molecule has 6 N–H and O–H groups in total. The molecule has 0 amide bonds. The van der Waals surface area contributed by atoms with E-state index in [0.29, 0.717) is 6.04 Å². The summed E-state index contributed by atoms with van der Waals surface area (Å²) in [5, 5.41) is 29.2. The highest BCUT2D eigenvalue weighted by Gasteiger charge is 2.44. The summed E-state index contributed by atoms with van der Waals surface area (Å²) in [5.41, 5.74) is 5.70. The van der Waals surface area contributed by atoms with E-state index in [2.05, 4.69) is 25.8 Å². The summed E-state index contributed by atoms with van der Waals surface area (Å²) in [6.45, 7) is -0.437. The number of hydrazine groups is 1. The topological polar surface area (TPSA) is 158 Å². The number of hydrogen-bond donors (Lipinski definition) is 6. The molecule has 0 spiro atoms. The van der Waals surface area contributed by atoms with Gasteiger partial charge in [-0.1, -0.05) is 0 Å². The number of aromatic amines is 1. The summed E-state index contributed by atoms with van der Waals surface area (Å²) in [6.07, 6.45) is -1.01. The average molecular weight is 338 g/mol. The molecule has 1 saturated heterocycles. The molecule has 0 radical (unpaired) electrons. The maximum atomic E-state index is 12.1. The first-order valence-electron chi connectivity index (χ1n) is 7.69. The van der Waals surface area contributed by atoms with E-state index in [1.54, 1.807) is 0 Å². The first-order chi connectivity index (χ1) is 11.6. The summed E-state index contributed by atoms with van der Waals surface area (Å²) in [5.74, 6) is 0.216. The fourth-order valence-electron chi connectivity index (χ4n) is 2.68. The predicted octanol–water partition coefficient (Wildman–Crippen LogP) is -2.19. The second kappa shape index (κ2) is 5.79. The van der Waals surface area contributed by atoms with Crippen LogP contribution in [0.4, 0.5) is 5.95 Å². The summed E-state index contributed by atoms with van der Waals surface area (Å²) in [7, 11) is 0. The van der Waals surface area contributed by atoms with E-state index >= 15 is 0 Å². The molecule has 4 atom stereocenters. The molecule has 130 valence electrons. The molecule has 1 aliphatic carbocycles. The molecule has 2 aromatic heterocycles. The third kappa shape index (κ3) is 2.56. The Morgan fingerprint density at radius 1 is 1.38 bits per heavy atom. The second-order valence-electron chi connectivity index (χ2n) is 6.01. The zero-order valence-electron chi connectivity index (χ0n) is 12.6. The van der Waals surface area contributed by atoms with Crippen LogP contribution in [-0.4, -0.2) is 65.8 Å². The van der Waals surface area contributed by atoms with Crippen molar-refractivity contribution in [3.05, 3.63) is 16.7 Å². The van der Waals surface area contributed by atoms with Crippen molar-refractivity contribution in [1.82, 2.24) is 24.9 Å². The number of fused-ring (bicyclic) bond motifs is 1. The van der Waals surface area contributed by atoms with E-state index in [0.717, 1.165) is 12.8 Å². The van der Waals surface area contributed by atoms with Gasteiger partial charge in [0.1, 0.15) is 18.3 Å². The summed E-state index contributed by atoms with van der Waals surface area (Å²) in [4.78, 5) is 23.0. The molecule has 4 rings (SSSR count). The molecule has 0 aromatic carbocycles. The SMILES string of the molecule is O=c1[nH]c(NNC2CC2)nc2c1ncn2[C@@H]1O[C@H](CO)C(O)C1O. The fraction of sp³-hybridized carbons (Fsp3) is 0.615. The molecule has 11 heteroatoms. The van der Waals surface area contributed by atoms with E-state index in [9.17, 15) is 20.1 Å². The van der Waals surface area contributed by atoms with Gasteiger partial charge in [0.15, 0.2) is 17.4 Å². The van der Waals surface area contributed by atoms with Gasteiger partial charge < -0.3 is 20.1 Å². The van der Waals surface area contributed by atoms with E-state index in [-0.39, 0.29) is 17.1 Å². The molecule has 0 bridgehead atoms. The molecule has 2 aromatic rings. The lowest BCUT2D eigenvalue weighted by Crippen LogP contribution is -2.33. The highest BCUT2D eigenvalue weighted by atomic mass is 16.6. The van der Waals surface area contributed by atoms with Crippen LogP contribution in [0.5, 0.6) is 0 Å². The average Bonchev–Trinajstić information content (AvgIpc) is 3.24. The molecule has 2 fully saturated rings. The smallest absolute Gasteiger partial charge is 0.280 e. The minimum absolute atomic E-state index is 0.0877. The quantitative estimate of drug-likeness (QED) is 0.333. The Bertz CT molecular complexity index is 802. The number of ether oxygens (including phenoxy) is 1. The third-order valence-corrected chi connectivity index (χ3v) is 4.20. The van der Waals surface area contributed by atoms with Gasteiger partial charge in [-0.3, -0.25) is 19.8 Å². The first kappa shape index (κ1) is 15.5. The standard InChI is InChI=1S/C13H18N6O5/c20-3-6-8(21)9(22)12(24-6)19-4-14-7-10(19)15-13(16-11(7)23)18-17-5-1-2-5/h4-6,8-9,12,17,20-22H,1-3H2,(H2,15,16,18,23)/t6-,8?,9?,12-/m1/s1. The van der Waals surface area contributed by atoms with Gasteiger partial charge in [-0.05, 0) is 12.8 Å². The number of rotatable bonds is 5. The van der Waals surface area contributed by atoms with E-state index in [4.69, 9.17) is 4.74 Å². The normalized spacial score (nSPS) is 30.1. The number of aliphatic hydroxyl groups excluding tert-OH is 3. The van der Waals surface area contributed by atoms with Gasteiger partial charge in [0.2, 0.25) is 5.95 Å². The van der Waals surface area contributed by atoms with E-state index in [1.165, 1.54) is 10.9 Å². The van der Waals surface area contributed by atoms with Crippen LogP contribution in [0.3, 0.4) is 0 Å². The van der Waals surface area contributed by atoms with Crippen molar-refractivity contribution < 1.29 is 20.1 Å². The number of H-pyrrole nitrogens is 1. The van der Waals surface area contributed by atoms with Crippen LogP contribution in [0.25, 0.3) is 11.2 Å². The molecule has 1 aliphatic heterocycles. The van der Waals surface area contributed by atoms with Crippen LogP contribution < -0.4 is 16.4 Å². The van der Waals surface area contributed by atoms with Crippen molar-refractivity contribution in [2.24, 2.45) is 0 Å². The summed E-state index contributed by atoms with van der Waals surface area (Å²) >= 11 is 0. The Labute approximate surface area is 135 Å². The molecule has 1 saturated carbocycles. The first-order valence-corrected chi connectivity index (χ1v) is 7.69. The van der Waals surface area contributed by atoms with Gasteiger partial charge in [0.05, 0.1) is 12.9 Å². The Kier molecular flexibility index (Phi) is 3.73. The number of aromatic nitrogens is 4. The highest BCUT2D eigenvalue weighted by Crippen LogP contribution is 2.30. The Hall–Kier alpha value is -2.05. The molecule has 2 unspecified atom stereocenters. The number of nitrogens with one attached hydrogen (secondary N) is 3. The molecule has 24 heavy (non-hydrogen) atoms. The van der Waals surface area contributed by atoms with Crippen molar-refractivity contribution in [3.63, 3.8) is 0 Å². The highest BCUT2D eigenvalue weighted by molar-refractivity contribution is 5.70. The van der Waals surface area contributed by atoms with Gasteiger partial charge in [0.25, 0.3) is 5.56 Å². The number of hydrogen-bond acceptors (Lipinski definition) is 9. The molecular weight excluding hydrogens is 320 g/mol. The lowest BCUT2D eigenvalue weighted by Gasteiger charge is -2.16. The van der Waals surface area contributed by atoms with Gasteiger partial charge >= 0.3 is 0 Å². The van der Waals surface area contributed by atoms with Gasteiger partial charge in [-0.2, -0.15) is 4.98 Å². The van der Waals surface area contributed by atoms with Crippen LogP contribution in [-0.2, 0) is 4.74 Å². The maximum absolute atomic E-state index is 12.1. The minimum atomic E-state index is -1.28. The van der Waals surface area contributed by atoms with Crippen LogP contribution >= 0.6 is 0 Å². The number of imidazole rings is 1. The Morgan fingerprint density at radius 3 is 2.83 bits per heavy atom. The van der Waals surface area contributed by atoms with Crippen molar-refractivity contribution in [2.45, 2.75) is 43.4 Å². The molecule has 11 nitrogen and oxygen atoms in total. The number of aliphatic hydroxyl groups is 3. The van der Waals surface area contributed by atoms with Crippen LogP contribution in [0.1, 0.15) is 19.1 Å². The lowest BCUT2D eigenvalue weighted by molar-refractivity contribution is -0.0511. The second-order valence-corrected chi connectivity index (χ2v) is 6.01. The van der Waals surface area contributed by atoms with Crippen molar-refractivity contribution in [2.75, 3.05) is 12.0 Å². The van der Waals surface area contributed by atoms with Gasteiger partial charge in [-0.15, -0.1) is 0 Å². The van der Waals surface area contributed by atoms with Gasteiger partial charge in [0, 0.05) is 6.04 Å². The zero-order valence-corrected chi connectivity index (χ0v) is 12.6. The predicted molar refractivity (Wildman–Crippen MR) is 80.9 cm³/mol. The number of anilines is 1. The zero-order chi connectivity index (χ0) is 16.8. The number of nitrogens with zero attached hydrogens (tertiary/aromatic N) is 3. The van der Waals surface area contributed by atoms with E-state index < -0.39 is 36.7 Å². The minimum Gasteiger partial charge on any atom is -0.394 e. The summed E-state index contributed by atoms with van der Waals surface area (Å²) in [6, 6.07) is 0.358. The van der Waals surface area contributed by atoms with Crippen molar-refractivity contribution in [1.29, 1.82) is 0 Å². The van der Waals surface area contributed by atoms with Crippen LogP contribution in [0.15, 0.2) is 11.1 Å². The molecule has 3 heterocycles. The van der Waals surface area contributed by atoms with Crippen molar-refractivity contribution in [3.8, 4) is 0 Å². The maximum Gasteiger partial charge on any atom is 0.280 e.